The molecule has 2 heterocycles. The molecular formula is C27H33Cl2N3O4. The molecule has 2 aromatic rings. The van der Waals surface area contributed by atoms with E-state index in [2.05, 4.69) is 10.2 Å². The number of ether oxygens (including phenoxy) is 2. The Morgan fingerprint density at radius 1 is 1.03 bits per heavy atom. The van der Waals surface area contributed by atoms with Gasteiger partial charge in [0, 0.05) is 36.2 Å². The van der Waals surface area contributed by atoms with E-state index >= 15 is 0 Å². The van der Waals surface area contributed by atoms with Crippen molar-refractivity contribution in [1.82, 2.24) is 15.1 Å². The van der Waals surface area contributed by atoms with E-state index in [1.165, 1.54) is 0 Å². The van der Waals surface area contributed by atoms with Gasteiger partial charge < -0.3 is 19.7 Å². The van der Waals surface area contributed by atoms with Gasteiger partial charge in [-0.05, 0) is 41.8 Å². The van der Waals surface area contributed by atoms with E-state index in [1.807, 2.05) is 43.3 Å². The van der Waals surface area contributed by atoms with Crippen LogP contribution in [-0.4, -0.2) is 73.7 Å². The molecule has 0 saturated carbocycles. The van der Waals surface area contributed by atoms with Gasteiger partial charge in [-0.2, -0.15) is 0 Å². The summed E-state index contributed by atoms with van der Waals surface area (Å²) in [4.78, 5) is 30.9. The summed E-state index contributed by atoms with van der Waals surface area (Å²) in [6.07, 6.45) is 0.846. The quantitative estimate of drug-likeness (QED) is 0.521. The van der Waals surface area contributed by atoms with Gasteiger partial charge >= 0.3 is 0 Å². The van der Waals surface area contributed by atoms with E-state index in [0.29, 0.717) is 36.2 Å². The molecule has 2 amide bonds. The van der Waals surface area contributed by atoms with Crippen LogP contribution in [0.1, 0.15) is 43.0 Å². The molecule has 0 bridgehead atoms. The highest BCUT2D eigenvalue weighted by molar-refractivity contribution is 6.30. The lowest BCUT2D eigenvalue weighted by atomic mass is 9.90. The van der Waals surface area contributed by atoms with Gasteiger partial charge in [0.2, 0.25) is 11.8 Å². The van der Waals surface area contributed by atoms with Crippen LogP contribution in [0.2, 0.25) is 10.0 Å². The molecule has 3 atom stereocenters. The average molecular weight is 534 g/mol. The summed E-state index contributed by atoms with van der Waals surface area (Å²) >= 11 is 12.3. The first kappa shape index (κ1) is 26.9. The molecule has 4 rings (SSSR count). The molecule has 2 fully saturated rings. The van der Waals surface area contributed by atoms with E-state index in [-0.39, 0.29) is 18.4 Å². The van der Waals surface area contributed by atoms with Crippen molar-refractivity contribution in [3.63, 3.8) is 0 Å². The maximum atomic E-state index is 13.5. The Kier molecular flexibility index (Phi) is 9.62. The molecule has 7 nitrogen and oxygen atoms in total. The number of morpholine rings is 2. The predicted octanol–water partition coefficient (Wildman–Crippen LogP) is 4.25. The fourth-order valence-electron chi connectivity index (χ4n) is 4.87. The first-order valence-electron chi connectivity index (χ1n) is 12.5. The fraction of sp³-hybridized carbons (Fsp3) is 0.481. The number of halogens is 2. The van der Waals surface area contributed by atoms with Gasteiger partial charge in [0.15, 0.2) is 0 Å². The first-order valence-corrected chi connectivity index (χ1v) is 13.2. The molecular weight excluding hydrogens is 501 g/mol. The second-order valence-electron chi connectivity index (χ2n) is 9.13. The molecule has 0 radical (unpaired) electrons. The number of rotatable bonds is 9. The van der Waals surface area contributed by atoms with Gasteiger partial charge in [0.05, 0.1) is 19.3 Å². The highest BCUT2D eigenvalue weighted by atomic mass is 35.5. The van der Waals surface area contributed by atoms with Crippen molar-refractivity contribution in [2.24, 2.45) is 0 Å². The summed E-state index contributed by atoms with van der Waals surface area (Å²) in [5, 5.41) is 4.30. The number of amides is 2. The summed E-state index contributed by atoms with van der Waals surface area (Å²) in [7, 11) is 0. The molecule has 36 heavy (non-hydrogen) atoms. The summed E-state index contributed by atoms with van der Waals surface area (Å²) in [6, 6.07) is 13.7. The highest BCUT2D eigenvalue weighted by Gasteiger charge is 2.44. The fourth-order valence-corrected chi connectivity index (χ4v) is 5.12. The molecule has 2 aliphatic rings. The summed E-state index contributed by atoms with van der Waals surface area (Å²) in [5.74, 6) is -0.351. The minimum Gasteiger partial charge on any atom is -0.379 e. The largest absolute Gasteiger partial charge is 0.379 e. The third-order valence-corrected chi connectivity index (χ3v) is 7.21. The van der Waals surface area contributed by atoms with Gasteiger partial charge in [-0.25, -0.2) is 0 Å². The number of carbonyl (C=O) groups is 2. The molecule has 9 heteroatoms. The van der Waals surface area contributed by atoms with Crippen molar-refractivity contribution in [2.75, 3.05) is 46.0 Å². The van der Waals surface area contributed by atoms with Crippen LogP contribution in [0.15, 0.2) is 48.5 Å². The van der Waals surface area contributed by atoms with Crippen LogP contribution >= 0.6 is 23.2 Å². The maximum absolute atomic E-state index is 13.5. The lowest BCUT2D eigenvalue weighted by molar-refractivity contribution is -0.167. The third-order valence-electron chi connectivity index (χ3n) is 6.70. The SMILES string of the molecule is CCC[C@@H](C(=O)NCCN1CCOCC1)N1C(=O)CO[C@@H](c2ccc(Cl)cc2)[C@H]1c1ccc(Cl)cc1. The lowest BCUT2D eigenvalue weighted by Gasteiger charge is -2.45. The monoisotopic (exact) mass is 533 g/mol. The average Bonchev–Trinajstić information content (AvgIpc) is 2.89. The van der Waals surface area contributed by atoms with Crippen LogP contribution in [0.25, 0.3) is 0 Å². The third kappa shape index (κ3) is 6.58. The Labute approximate surface area is 222 Å². The zero-order valence-electron chi connectivity index (χ0n) is 20.5. The summed E-state index contributed by atoms with van der Waals surface area (Å²) < 4.78 is 11.5. The van der Waals surface area contributed by atoms with Gasteiger partial charge in [0.25, 0.3) is 0 Å². The number of carbonyl (C=O) groups excluding carboxylic acids is 2. The minimum absolute atomic E-state index is 0.0986. The second kappa shape index (κ2) is 12.9. The smallest absolute Gasteiger partial charge is 0.249 e. The molecule has 194 valence electrons. The first-order chi connectivity index (χ1) is 17.5. The molecule has 1 N–H and O–H groups in total. The Hall–Kier alpha value is -2.16. The predicted molar refractivity (Wildman–Crippen MR) is 140 cm³/mol. The molecule has 0 unspecified atom stereocenters. The summed E-state index contributed by atoms with van der Waals surface area (Å²) in [5.41, 5.74) is 1.74. The van der Waals surface area contributed by atoms with Crippen molar-refractivity contribution in [3.05, 3.63) is 69.7 Å². The topological polar surface area (TPSA) is 71.1 Å². The molecule has 0 aliphatic carbocycles. The van der Waals surface area contributed by atoms with E-state index in [0.717, 1.165) is 37.2 Å². The molecule has 2 aliphatic heterocycles. The second-order valence-corrected chi connectivity index (χ2v) is 10.0. The van der Waals surface area contributed by atoms with Crippen LogP contribution in [0.3, 0.4) is 0 Å². The van der Waals surface area contributed by atoms with Gasteiger partial charge in [-0.3, -0.25) is 14.5 Å². The van der Waals surface area contributed by atoms with Crippen LogP contribution in [0, 0.1) is 0 Å². The number of benzene rings is 2. The van der Waals surface area contributed by atoms with E-state index in [4.69, 9.17) is 32.7 Å². The highest BCUT2D eigenvalue weighted by Crippen LogP contribution is 2.42. The molecule has 2 saturated heterocycles. The Morgan fingerprint density at radius 2 is 1.64 bits per heavy atom. The Bertz CT molecular complexity index is 1010. The van der Waals surface area contributed by atoms with Gasteiger partial charge in [-0.1, -0.05) is 60.8 Å². The van der Waals surface area contributed by atoms with Crippen LogP contribution in [0.5, 0.6) is 0 Å². The van der Waals surface area contributed by atoms with E-state index in [1.54, 1.807) is 17.0 Å². The Morgan fingerprint density at radius 3 is 2.25 bits per heavy atom. The van der Waals surface area contributed by atoms with E-state index < -0.39 is 18.2 Å². The van der Waals surface area contributed by atoms with Gasteiger partial charge in [0.1, 0.15) is 18.8 Å². The van der Waals surface area contributed by atoms with Crippen molar-refractivity contribution in [2.45, 2.75) is 38.0 Å². The lowest BCUT2D eigenvalue weighted by Crippen LogP contribution is -2.56. The van der Waals surface area contributed by atoms with E-state index in [9.17, 15) is 9.59 Å². The molecule has 0 spiro atoms. The zero-order chi connectivity index (χ0) is 25.5. The summed E-state index contributed by atoms with van der Waals surface area (Å²) in [6.45, 7) is 6.33. The van der Waals surface area contributed by atoms with Crippen molar-refractivity contribution >= 4 is 35.0 Å². The molecule has 2 aromatic carbocycles. The normalized spacial score (nSPS) is 21.9. The van der Waals surface area contributed by atoms with Crippen LogP contribution < -0.4 is 5.32 Å². The zero-order valence-corrected chi connectivity index (χ0v) is 22.0. The van der Waals surface area contributed by atoms with Gasteiger partial charge in [-0.15, -0.1) is 0 Å². The maximum Gasteiger partial charge on any atom is 0.249 e. The minimum atomic E-state index is -0.619. The van der Waals surface area contributed by atoms with Crippen LogP contribution in [-0.2, 0) is 19.1 Å². The number of hydrogen-bond acceptors (Lipinski definition) is 5. The number of hydrogen-bond donors (Lipinski definition) is 1. The standard InChI is InChI=1S/C27H33Cl2N3O4/c1-2-3-23(27(34)30-12-13-31-14-16-35-17-15-31)32-24(33)18-36-26(20-6-10-22(29)11-7-20)25(32)19-4-8-21(28)9-5-19/h4-11,23,25-26H,2-3,12-18H2,1H3,(H,30,34)/t23-,25+,26-/m0/s1. The van der Waals surface area contributed by atoms with Crippen molar-refractivity contribution in [1.29, 1.82) is 0 Å². The van der Waals surface area contributed by atoms with Crippen LogP contribution in [0.4, 0.5) is 0 Å². The molecule has 0 aromatic heterocycles. The van der Waals surface area contributed by atoms with Crippen molar-refractivity contribution in [3.8, 4) is 0 Å². The Balaban J connectivity index is 1.61. The van der Waals surface area contributed by atoms with Crippen molar-refractivity contribution < 1.29 is 19.1 Å². The number of nitrogens with zero attached hydrogens (tertiary/aromatic N) is 2. The number of nitrogens with one attached hydrogen (secondary N) is 1.